The summed E-state index contributed by atoms with van der Waals surface area (Å²) < 4.78 is 0. The Kier molecular flexibility index (Phi) is 13.5. The zero-order valence-electron chi connectivity index (χ0n) is 25.8. The van der Waals surface area contributed by atoms with Gasteiger partial charge < -0.3 is 31.5 Å². The molecule has 3 atom stereocenters. The fourth-order valence-electron chi connectivity index (χ4n) is 4.69. The Labute approximate surface area is 268 Å². The molecule has 0 radical (unpaired) electrons. The van der Waals surface area contributed by atoms with Crippen molar-refractivity contribution in [1.82, 2.24) is 10.6 Å². The maximum Gasteiger partial charge on any atom is 0.326 e. The molecule has 0 saturated heterocycles. The summed E-state index contributed by atoms with van der Waals surface area (Å²) in [5.41, 5.74) is 2.57. The molecule has 6 N–H and O–H groups in total. The summed E-state index contributed by atoms with van der Waals surface area (Å²) in [4.78, 5) is 61.7. The summed E-state index contributed by atoms with van der Waals surface area (Å²) in [5, 5.41) is 29.9. The summed E-state index contributed by atoms with van der Waals surface area (Å²) in [6.45, 7) is 3.91. The third kappa shape index (κ3) is 11.9. The van der Waals surface area contributed by atoms with Gasteiger partial charge in [-0.05, 0) is 60.6 Å². The van der Waals surface area contributed by atoms with Gasteiger partial charge in [-0.1, -0.05) is 86.7 Å². The number of hydrogen-bond acceptors (Lipinski definition) is 5. The van der Waals surface area contributed by atoms with Crippen LogP contribution in [0.15, 0.2) is 97.1 Å². The van der Waals surface area contributed by atoms with E-state index in [9.17, 15) is 34.2 Å². The molecule has 3 aromatic carbocycles. The first-order chi connectivity index (χ1) is 22.0. The van der Waals surface area contributed by atoms with E-state index in [4.69, 9.17) is 0 Å². The Morgan fingerprint density at radius 1 is 0.674 bits per heavy atom. The number of hydrogen-bond donors (Lipinski definition) is 6. The van der Waals surface area contributed by atoms with Crippen LogP contribution in [0.1, 0.15) is 50.2 Å². The van der Waals surface area contributed by atoms with Crippen LogP contribution in [0, 0.1) is 5.92 Å². The molecule has 0 spiro atoms. The van der Waals surface area contributed by atoms with Gasteiger partial charge in [0, 0.05) is 11.4 Å². The number of aliphatic carboxylic acids is 2. The van der Waals surface area contributed by atoms with Crippen molar-refractivity contribution in [3.63, 3.8) is 0 Å². The summed E-state index contributed by atoms with van der Waals surface area (Å²) in [6.07, 6.45) is 3.31. The van der Waals surface area contributed by atoms with Crippen molar-refractivity contribution < 1.29 is 34.2 Å². The van der Waals surface area contributed by atoms with Crippen molar-refractivity contribution in [1.29, 1.82) is 0 Å². The van der Waals surface area contributed by atoms with Crippen LogP contribution in [-0.2, 0) is 25.6 Å². The number of anilines is 2. The number of urea groups is 1. The second kappa shape index (κ2) is 17.7. The van der Waals surface area contributed by atoms with Gasteiger partial charge in [0.1, 0.15) is 12.1 Å². The first-order valence-electron chi connectivity index (χ1n) is 15.0. The zero-order chi connectivity index (χ0) is 33.5. The molecule has 0 saturated carbocycles. The third-order valence-corrected chi connectivity index (χ3v) is 6.99. The second-order valence-electron chi connectivity index (χ2n) is 11.2. The number of para-hydroxylation sites is 1. The number of carbonyl (C=O) groups excluding carboxylic acids is 3. The maximum absolute atomic E-state index is 13.4. The van der Waals surface area contributed by atoms with Gasteiger partial charge in [0.05, 0.1) is 12.3 Å². The van der Waals surface area contributed by atoms with E-state index in [1.54, 1.807) is 72.8 Å². The first kappa shape index (κ1) is 35.0. The molecule has 3 unspecified atom stereocenters. The van der Waals surface area contributed by atoms with Crippen molar-refractivity contribution in [2.75, 3.05) is 10.6 Å². The lowest BCUT2D eigenvalue weighted by atomic mass is 9.89. The van der Waals surface area contributed by atoms with Crippen molar-refractivity contribution in [3.05, 3.63) is 108 Å². The highest BCUT2D eigenvalue weighted by molar-refractivity contribution is 5.99. The summed E-state index contributed by atoms with van der Waals surface area (Å²) in [7, 11) is 0. The minimum Gasteiger partial charge on any atom is -0.480 e. The summed E-state index contributed by atoms with van der Waals surface area (Å²) >= 11 is 0. The van der Waals surface area contributed by atoms with Crippen LogP contribution in [0.2, 0.25) is 0 Å². The lowest BCUT2D eigenvalue weighted by Gasteiger charge is -2.22. The monoisotopic (exact) mass is 628 g/mol. The predicted molar refractivity (Wildman–Crippen MR) is 175 cm³/mol. The number of benzene rings is 3. The SMILES string of the molecule is CC(C)CC(C(=O)NC(C/C=C/CC(NC(=O)Cc1ccccc1)C(=O)O)C(=O)O)c1ccc(NC(=O)Nc2ccccc2)cc1. The van der Waals surface area contributed by atoms with E-state index in [1.165, 1.54) is 12.2 Å². The van der Waals surface area contributed by atoms with Crippen molar-refractivity contribution in [3.8, 4) is 0 Å². The number of amides is 4. The number of carbonyl (C=O) groups is 5. The average Bonchev–Trinajstić information content (AvgIpc) is 3.01. The van der Waals surface area contributed by atoms with Gasteiger partial charge in [-0.2, -0.15) is 0 Å². The predicted octanol–water partition coefficient (Wildman–Crippen LogP) is 5.18. The Morgan fingerprint density at radius 3 is 1.70 bits per heavy atom. The molecule has 4 amide bonds. The van der Waals surface area contributed by atoms with E-state index in [1.807, 2.05) is 26.0 Å². The highest BCUT2D eigenvalue weighted by Gasteiger charge is 2.27. The normalized spacial score (nSPS) is 12.9. The van der Waals surface area contributed by atoms with Gasteiger partial charge in [0.25, 0.3) is 0 Å². The summed E-state index contributed by atoms with van der Waals surface area (Å²) in [5.74, 6) is -3.89. The van der Waals surface area contributed by atoms with Gasteiger partial charge >= 0.3 is 18.0 Å². The molecule has 11 heteroatoms. The molecular formula is C35H40N4O7. The van der Waals surface area contributed by atoms with Crippen LogP contribution in [-0.4, -0.2) is 52.1 Å². The molecule has 0 aliphatic carbocycles. The van der Waals surface area contributed by atoms with Crippen molar-refractivity contribution >= 4 is 41.2 Å². The van der Waals surface area contributed by atoms with Crippen LogP contribution in [0.5, 0.6) is 0 Å². The lowest BCUT2D eigenvalue weighted by molar-refractivity contribution is -0.142. The van der Waals surface area contributed by atoms with Crippen LogP contribution in [0.3, 0.4) is 0 Å². The second-order valence-corrected chi connectivity index (χ2v) is 11.2. The topological polar surface area (TPSA) is 174 Å². The molecule has 3 rings (SSSR count). The molecule has 0 fully saturated rings. The van der Waals surface area contributed by atoms with E-state index in [2.05, 4.69) is 21.3 Å². The number of rotatable bonds is 16. The van der Waals surface area contributed by atoms with Crippen LogP contribution >= 0.6 is 0 Å². The van der Waals surface area contributed by atoms with Crippen molar-refractivity contribution in [2.24, 2.45) is 5.92 Å². The largest absolute Gasteiger partial charge is 0.480 e. The molecule has 0 aromatic heterocycles. The van der Waals surface area contributed by atoms with E-state index >= 15 is 0 Å². The molecule has 0 aliphatic rings. The van der Waals surface area contributed by atoms with Gasteiger partial charge in [0.2, 0.25) is 11.8 Å². The van der Waals surface area contributed by atoms with Gasteiger partial charge in [-0.15, -0.1) is 0 Å². The Hall–Kier alpha value is -5.45. The first-order valence-corrected chi connectivity index (χ1v) is 15.0. The maximum atomic E-state index is 13.4. The average molecular weight is 629 g/mol. The highest BCUT2D eigenvalue weighted by atomic mass is 16.4. The number of carboxylic acid groups (broad SMARTS) is 2. The fourth-order valence-corrected chi connectivity index (χ4v) is 4.69. The molecule has 11 nitrogen and oxygen atoms in total. The smallest absolute Gasteiger partial charge is 0.326 e. The van der Waals surface area contributed by atoms with Gasteiger partial charge in [-0.3, -0.25) is 9.59 Å². The van der Waals surface area contributed by atoms with E-state index in [0.29, 0.717) is 23.4 Å². The van der Waals surface area contributed by atoms with Crippen LogP contribution in [0.25, 0.3) is 0 Å². The standard InChI is InChI=1S/C35H40N4O7/c1-23(2)21-28(25-17-19-27(20-18-25)37-35(46)36-26-13-7-4-8-14-26)32(41)39-30(34(44)45)16-10-9-15-29(33(42)43)38-31(40)22-24-11-5-3-6-12-24/h3-14,17-20,23,28-30H,15-16,21-22H2,1-2H3,(H,38,40)(H,39,41)(H,42,43)(H,44,45)(H2,36,37,46)/b10-9+. The number of carboxylic acids is 2. The van der Waals surface area contributed by atoms with E-state index in [0.717, 1.165) is 5.56 Å². The quantitative estimate of drug-likeness (QED) is 0.119. The van der Waals surface area contributed by atoms with Crippen LogP contribution in [0.4, 0.5) is 16.2 Å². The van der Waals surface area contributed by atoms with E-state index < -0.39 is 47.8 Å². The lowest BCUT2D eigenvalue weighted by Crippen LogP contribution is -2.43. The molecule has 242 valence electrons. The molecule has 0 bridgehead atoms. The van der Waals surface area contributed by atoms with Crippen LogP contribution < -0.4 is 21.3 Å². The molecule has 0 aliphatic heterocycles. The molecule has 46 heavy (non-hydrogen) atoms. The summed E-state index contributed by atoms with van der Waals surface area (Å²) in [6, 6.07) is 21.8. The highest BCUT2D eigenvalue weighted by Crippen LogP contribution is 2.26. The van der Waals surface area contributed by atoms with Gasteiger partial charge in [-0.25, -0.2) is 14.4 Å². The molecule has 3 aromatic rings. The Balaban J connectivity index is 1.58. The zero-order valence-corrected chi connectivity index (χ0v) is 25.8. The molecule has 0 heterocycles. The minimum atomic E-state index is -1.25. The molecular weight excluding hydrogens is 588 g/mol. The fraction of sp³-hybridized carbons (Fsp3) is 0.286. The Morgan fingerprint density at radius 2 is 1.17 bits per heavy atom. The van der Waals surface area contributed by atoms with Gasteiger partial charge in [0.15, 0.2) is 0 Å². The van der Waals surface area contributed by atoms with E-state index in [-0.39, 0.29) is 25.2 Å². The number of nitrogens with one attached hydrogen (secondary N) is 4. The Bertz CT molecular complexity index is 1490. The third-order valence-electron chi connectivity index (χ3n) is 6.99. The minimum absolute atomic E-state index is 0.0296. The van der Waals surface area contributed by atoms with Crippen molar-refractivity contribution in [2.45, 2.75) is 57.5 Å².